The van der Waals surface area contributed by atoms with Crippen molar-refractivity contribution in [2.24, 2.45) is 5.92 Å². The van der Waals surface area contributed by atoms with E-state index < -0.39 is 23.6 Å². The van der Waals surface area contributed by atoms with Gasteiger partial charge in [-0.25, -0.2) is 0 Å². The van der Waals surface area contributed by atoms with E-state index >= 15 is 0 Å². The molecule has 13 heavy (non-hydrogen) atoms. The molecule has 70 valence electrons. The van der Waals surface area contributed by atoms with E-state index in [1.165, 1.54) is 7.11 Å². The molecule has 0 aliphatic carbocycles. The minimum atomic E-state index is -0.785. The fraction of sp³-hybridized carbons (Fsp3) is 0.556. The lowest BCUT2D eigenvalue weighted by Gasteiger charge is -2.21. The average molecular weight is 182 g/mol. The van der Waals surface area contributed by atoms with Crippen molar-refractivity contribution < 1.29 is 19.1 Å². The number of ether oxygens (including phenoxy) is 2. The monoisotopic (exact) mass is 182 g/mol. The summed E-state index contributed by atoms with van der Waals surface area (Å²) in [6, 6.07) is 0. The van der Waals surface area contributed by atoms with Crippen LogP contribution in [0.15, 0.2) is 12.2 Å². The first-order valence-electron chi connectivity index (χ1n) is 4.07. The quantitative estimate of drug-likeness (QED) is 0.327. The predicted octanol–water partition coefficient (Wildman–Crippen LogP) is 0.0720. The molecule has 0 aromatic carbocycles. The van der Waals surface area contributed by atoms with Gasteiger partial charge in [-0.1, -0.05) is 6.08 Å². The molecule has 4 heteroatoms. The zero-order valence-electron chi connectivity index (χ0n) is 7.44. The van der Waals surface area contributed by atoms with Crippen LogP contribution in [0, 0.1) is 5.92 Å². The number of carbonyl (C=O) groups excluding carboxylic acids is 2. The summed E-state index contributed by atoms with van der Waals surface area (Å²) in [7, 11) is 1.27. The molecule has 1 saturated heterocycles. The number of fused-ring (bicyclic) bond motifs is 2. The molecule has 0 radical (unpaired) electrons. The number of Topliss-reactive ketones (excluding diaryl/α,β-unsaturated/α-hetero) is 1. The first-order valence-corrected chi connectivity index (χ1v) is 4.07. The van der Waals surface area contributed by atoms with E-state index in [4.69, 9.17) is 4.74 Å². The molecule has 0 amide bonds. The Bertz CT molecular complexity index is 307. The van der Waals surface area contributed by atoms with E-state index in [0.29, 0.717) is 0 Å². The van der Waals surface area contributed by atoms with Crippen molar-refractivity contribution >= 4 is 11.8 Å². The number of rotatable bonds is 1. The smallest absolute Gasteiger partial charge is 0.319 e. The molecule has 2 bridgehead atoms. The summed E-state index contributed by atoms with van der Waals surface area (Å²) >= 11 is 0. The van der Waals surface area contributed by atoms with Crippen LogP contribution in [-0.2, 0) is 19.1 Å². The van der Waals surface area contributed by atoms with E-state index in [2.05, 4.69) is 4.74 Å². The van der Waals surface area contributed by atoms with Gasteiger partial charge in [0.25, 0.3) is 0 Å². The van der Waals surface area contributed by atoms with E-state index in [0.717, 1.165) is 0 Å². The molecular weight excluding hydrogens is 172 g/mol. The molecule has 0 N–H and O–H groups in total. The third-order valence-corrected chi connectivity index (χ3v) is 2.56. The third-order valence-electron chi connectivity index (χ3n) is 2.56. The van der Waals surface area contributed by atoms with Crippen LogP contribution < -0.4 is 0 Å². The molecule has 3 atom stereocenters. The van der Waals surface area contributed by atoms with Crippen molar-refractivity contribution in [3.05, 3.63) is 12.2 Å². The first-order chi connectivity index (χ1) is 6.08. The van der Waals surface area contributed by atoms with Gasteiger partial charge in [0.15, 0.2) is 11.7 Å². The van der Waals surface area contributed by atoms with Crippen molar-refractivity contribution in [2.75, 3.05) is 7.11 Å². The van der Waals surface area contributed by atoms with Crippen LogP contribution >= 0.6 is 0 Å². The van der Waals surface area contributed by atoms with Gasteiger partial charge in [0.1, 0.15) is 11.7 Å². The molecule has 0 spiro atoms. The van der Waals surface area contributed by atoms with E-state index in [1.807, 2.05) is 0 Å². The highest BCUT2D eigenvalue weighted by Gasteiger charge is 2.57. The van der Waals surface area contributed by atoms with E-state index in [9.17, 15) is 9.59 Å². The second-order valence-corrected chi connectivity index (χ2v) is 3.44. The van der Waals surface area contributed by atoms with Crippen molar-refractivity contribution in [1.29, 1.82) is 0 Å². The lowest BCUT2D eigenvalue weighted by Crippen LogP contribution is -2.39. The second kappa shape index (κ2) is 2.42. The van der Waals surface area contributed by atoms with Crippen molar-refractivity contribution in [1.82, 2.24) is 0 Å². The minimum absolute atomic E-state index is 0.197. The molecule has 0 unspecified atom stereocenters. The van der Waals surface area contributed by atoms with Gasteiger partial charge in [0.2, 0.25) is 0 Å². The normalized spacial score (nSPS) is 41.2. The Labute approximate surface area is 75.5 Å². The number of hydrogen-bond acceptors (Lipinski definition) is 4. The summed E-state index contributed by atoms with van der Waals surface area (Å²) in [6.07, 6.45) is 2.89. The molecule has 2 aliphatic rings. The summed E-state index contributed by atoms with van der Waals surface area (Å²) in [4.78, 5) is 22.8. The van der Waals surface area contributed by atoms with Gasteiger partial charge in [-0.05, 0) is 13.0 Å². The topological polar surface area (TPSA) is 52.6 Å². The van der Waals surface area contributed by atoms with Gasteiger partial charge in [-0.15, -0.1) is 0 Å². The number of carbonyl (C=O) groups is 2. The zero-order chi connectivity index (χ0) is 9.64. The SMILES string of the molecule is COC(=O)[C@H]1C(=O)[C@H]2C=C[C@]1(C)O2. The highest BCUT2D eigenvalue weighted by molar-refractivity contribution is 6.06. The summed E-state index contributed by atoms with van der Waals surface area (Å²) in [6.45, 7) is 1.72. The van der Waals surface area contributed by atoms with Gasteiger partial charge >= 0.3 is 5.97 Å². The Balaban J connectivity index is 2.35. The summed E-state index contributed by atoms with van der Waals surface area (Å²) in [5.41, 5.74) is -0.783. The maximum Gasteiger partial charge on any atom is 0.319 e. The Morgan fingerprint density at radius 3 is 2.85 bits per heavy atom. The van der Waals surface area contributed by atoms with Crippen LogP contribution in [0.25, 0.3) is 0 Å². The fourth-order valence-electron chi connectivity index (χ4n) is 1.86. The van der Waals surface area contributed by atoms with E-state index in [-0.39, 0.29) is 5.78 Å². The van der Waals surface area contributed by atoms with Crippen LogP contribution in [0.3, 0.4) is 0 Å². The average Bonchev–Trinajstić information content (AvgIpc) is 2.57. The molecule has 4 nitrogen and oxygen atoms in total. The standard InChI is InChI=1S/C9H10O4/c1-9-4-3-5(13-9)7(10)6(9)8(11)12-2/h3-6H,1-2H3/t5-,6-,9+/m1/s1. The Hall–Kier alpha value is -1.16. The Kier molecular flexibility index (Phi) is 1.57. The lowest BCUT2D eigenvalue weighted by atomic mass is 9.83. The molecule has 2 aliphatic heterocycles. The molecule has 2 rings (SSSR count). The first kappa shape index (κ1) is 8.44. The summed E-state index contributed by atoms with van der Waals surface area (Å²) < 4.78 is 9.89. The van der Waals surface area contributed by atoms with Crippen molar-refractivity contribution in [3.63, 3.8) is 0 Å². The Morgan fingerprint density at radius 2 is 2.38 bits per heavy atom. The maximum absolute atomic E-state index is 11.5. The van der Waals surface area contributed by atoms with Gasteiger partial charge in [-0.3, -0.25) is 9.59 Å². The largest absolute Gasteiger partial charge is 0.468 e. The fourth-order valence-corrected chi connectivity index (χ4v) is 1.86. The maximum atomic E-state index is 11.5. The molecule has 0 aromatic rings. The van der Waals surface area contributed by atoms with Gasteiger partial charge < -0.3 is 9.47 Å². The number of esters is 1. The van der Waals surface area contributed by atoms with Crippen molar-refractivity contribution in [2.45, 2.75) is 18.6 Å². The van der Waals surface area contributed by atoms with Gasteiger partial charge in [0.05, 0.1) is 7.11 Å². The third kappa shape index (κ3) is 0.951. The van der Waals surface area contributed by atoms with Crippen LogP contribution in [-0.4, -0.2) is 30.6 Å². The van der Waals surface area contributed by atoms with Crippen LogP contribution in [0.2, 0.25) is 0 Å². The molecular formula is C9H10O4. The second-order valence-electron chi connectivity index (χ2n) is 3.44. The Morgan fingerprint density at radius 1 is 1.69 bits per heavy atom. The number of methoxy groups -OCH3 is 1. The number of ketones is 1. The van der Waals surface area contributed by atoms with Gasteiger partial charge in [0, 0.05) is 0 Å². The molecule has 0 saturated carbocycles. The predicted molar refractivity (Wildman–Crippen MR) is 42.9 cm³/mol. The van der Waals surface area contributed by atoms with Crippen LogP contribution in [0.4, 0.5) is 0 Å². The lowest BCUT2D eigenvalue weighted by molar-refractivity contribution is -0.151. The highest BCUT2D eigenvalue weighted by atomic mass is 16.5. The molecule has 0 aromatic heterocycles. The molecule has 1 fully saturated rings. The minimum Gasteiger partial charge on any atom is -0.468 e. The molecule has 2 heterocycles. The number of hydrogen-bond donors (Lipinski definition) is 0. The van der Waals surface area contributed by atoms with Crippen molar-refractivity contribution in [3.8, 4) is 0 Å². The van der Waals surface area contributed by atoms with Crippen LogP contribution in [0.1, 0.15) is 6.92 Å². The zero-order valence-corrected chi connectivity index (χ0v) is 7.44. The summed E-state index contributed by atoms with van der Waals surface area (Å²) in [5, 5.41) is 0. The van der Waals surface area contributed by atoms with Gasteiger partial charge in [-0.2, -0.15) is 0 Å². The van der Waals surface area contributed by atoms with Crippen LogP contribution in [0.5, 0.6) is 0 Å². The highest BCUT2D eigenvalue weighted by Crippen LogP contribution is 2.40. The summed E-state index contributed by atoms with van der Waals surface area (Å²) in [5.74, 6) is -1.50. The van der Waals surface area contributed by atoms with E-state index in [1.54, 1.807) is 19.1 Å².